The first-order valence-corrected chi connectivity index (χ1v) is 8.03. The van der Waals surface area contributed by atoms with Crippen LogP contribution in [0.3, 0.4) is 0 Å². The Balaban J connectivity index is 2.01. The molecule has 0 aromatic carbocycles. The molecule has 0 radical (unpaired) electrons. The number of rotatable bonds is 3. The molecule has 4 nitrogen and oxygen atoms in total. The van der Waals surface area contributed by atoms with Crippen molar-refractivity contribution in [3.05, 3.63) is 23.9 Å². The van der Waals surface area contributed by atoms with Crippen LogP contribution in [0, 0.1) is 5.92 Å². The zero-order chi connectivity index (χ0) is 15.0. The van der Waals surface area contributed by atoms with Crippen molar-refractivity contribution in [2.24, 2.45) is 5.92 Å². The van der Waals surface area contributed by atoms with Crippen LogP contribution in [0.5, 0.6) is 0 Å². The molecule has 1 fully saturated rings. The molecule has 0 bridgehead atoms. The lowest BCUT2D eigenvalue weighted by Gasteiger charge is -2.39. The van der Waals surface area contributed by atoms with E-state index in [1.807, 2.05) is 0 Å². The maximum atomic E-state index is 4.98. The van der Waals surface area contributed by atoms with Gasteiger partial charge in [0, 0.05) is 31.9 Å². The van der Waals surface area contributed by atoms with Crippen molar-refractivity contribution in [1.29, 1.82) is 0 Å². The molecule has 21 heavy (non-hydrogen) atoms. The summed E-state index contributed by atoms with van der Waals surface area (Å²) in [7, 11) is 0. The quantitative estimate of drug-likeness (QED) is 0.911. The predicted octanol–water partition coefficient (Wildman–Crippen LogP) is 3.12. The van der Waals surface area contributed by atoms with Gasteiger partial charge in [-0.15, -0.1) is 0 Å². The average molecular weight is 286 g/mol. The number of hydrogen-bond donors (Lipinski definition) is 2. The van der Waals surface area contributed by atoms with Crippen LogP contribution in [-0.4, -0.2) is 35.6 Å². The van der Waals surface area contributed by atoms with E-state index in [-0.39, 0.29) is 0 Å². The Morgan fingerprint density at radius 2 is 2.05 bits per heavy atom. The summed E-state index contributed by atoms with van der Waals surface area (Å²) in [6.45, 7) is 12.1. The fraction of sp³-hybridized carbons (Fsp3) is 0.588. The van der Waals surface area contributed by atoms with Crippen LogP contribution in [0.25, 0.3) is 11.0 Å². The first-order chi connectivity index (χ1) is 10.1. The van der Waals surface area contributed by atoms with Gasteiger partial charge in [-0.2, -0.15) is 0 Å². The van der Waals surface area contributed by atoms with Gasteiger partial charge in [0.1, 0.15) is 5.82 Å². The molecule has 2 N–H and O–H groups in total. The Morgan fingerprint density at radius 1 is 1.24 bits per heavy atom. The topological polar surface area (TPSA) is 44.0 Å². The Bertz CT molecular complexity index is 614. The standard InChI is InChI=1S/C17H26N4/c1-11(2)13-9-19-14-5-6-16(20-17(13)14)21-8-7-18-10-15(21)12(3)4/h5-6,9,11-12,15,18-19H,7-8,10H2,1-4H3. The van der Waals surface area contributed by atoms with Crippen molar-refractivity contribution < 1.29 is 0 Å². The van der Waals surface area contributed by atoms with Crippen LogP contribution < -0.4 is 10.2 Å². The van der Waals surface area contributed by atoms with Crippen LogP contribution in [0.1, 0.15) is 39.2 Å². The van der Waals surface area contributed by atoms with Crippen molar-refractivity contribution in [3.8, 4) is 0 Å². The van der Waals surface area contributed by atoms with Crippen molar-refractivity contribution in [3.63, 3.8) is 0 Å². The van der Waals surface area contributed by atoms with Gasteiger partial charge in [0.2, 0.25) is 0 Å². The van der Waals surface area contributed by atoms with E-state index in [2.05, 4.69) is 61.2 Å². The highest BCUT2D eigenvalue weighted by molar-refractivity contribution is 5.81. The number of aromatic amines is 1. The smallest absolute Gasteiger partial charge is 0.129 e. The van der Waals surface area contributed by atoms with Crippen molar-refractivity contribution in [1.82, 2.24) is 15.3 Å². The summed E-state index contributed by atoms with van der Waals surface area (Å²) in [5.74, 6) is 2.22. The van der Waals surface area contributed by atoms with Crippen molar-refractivity contribution in [2.45, 2.75) is 39.7 Å². The minimum Gasteiger partial charge on any atom is -0.360 e. The average Bonchev–Trinajstić information content (AvgIpc) is 2.90. The van der Waals surface area contributed by atoms with Gasteiger partial charge >= 0.3 is 0 Å². The maximum absolute atomic E-state index is 4.98. The number of piperazine rings is 1. The maximum Gasteiger partial charge on any atom is 0.129 e. The van der Waals surface area contributed by atoms with Crippen LogP contribution in [0.2, 0.25) is 0 Å². The highest BCUT2D eigenvalue weighted by atomic mass is 15.3. The second kappa shape index (κ2) is 5.68. The summed E-state index contributed by atoms with van der Waals surface area (Å²) in [5, 5.41) is 3.50. The zero-order valence-corrected chi connectivity index (χ0v) is 13.5. The molecule has 1 unspecified atom stereocenters. The SMILES string of the molecule is CC(C)c1c[nH]c2ccc(N3CCNCC3C(C)C)nc12. The number of nitrogens with one attached hydrogen (secondary N) is 2. The first-order valence-electron chi connectivity index (χ1n) is 8.03. The van der Waals surface area contributed by atoms with E-state index in [0.717, 1.165) is 36.5 Å². The Morgan fingerprint density at radius 3 is 2.76 bits per heavy atom. The zero-order valence-electron chi connectivity index (χ0n) is 13.5. The largest absolute Gasteiger partial charge is 0.360 e. The van der Waals surface area contributed by atoms with Gasteiger partial charge in [-0.05, 0) is 29.5 Å². The third-order valence-electron chi connectivity index (χ3n) is 4.51. The lowest BCUT2D eigenvalue weighted by molar-refractivity contribution is 0.388. The number of hydrogen-bond acceptors (Lipinski definition) is 3. The van der Waals surface area contributed by atoms with Crippen molar-refractivity contribution in [2.75, 3.05) is 24.5 Å². The molecule has 0 amide bonds. The number of pyridine rings is 1. The molecule has 3 rings (SSSR count). The molecule has 0 spiro atoms. The molecule has 0 aliphatic carbocycles. The molecule has 1 aliphatic rings. The monoisotopic (exact) mass is 286 g/mol. The molecule has 1 atom stereocenters. The first kappa shape index (κ1) is 14.4. The summed E-state index contributed by atoms with van der Waals surface area (Å²) < 4.78 is 0. The summed E-state index contributed by atoms with van der Waals surface area (Å²) in [5.41, 5.74) is 3.57. The second-order valence-electron chi connectivity index (χ2n) is 6.67. The van der Waals surface area contributed by atoms with Gasteiger partial charge in [0.05, 0.1) is 11.0 Å². The molecule has 114 valence electrons. The molecule has 2 aromatic heterocycles. The Labute approximate surface area is 126 Å². The number of anilines is 1. The normalized spacial score (nSPS) is 19.9. The molecular formula is C17H26N4. The number of fused-ring (bicyclic) bond motifs is 1. The molecule has 0 saturated carbocycles. The van der Waals surface area contributed by atoms with Crippen LogP contribution in [0.15, 0.2) is 18.3 Å². The van der Waals surface area contributed by atoms with Gasteiger partial charge < -0.3 is 15.2 Å². The lowest BCUT2D eigenvalue weighted by Crippen LogP contribution is -2.54. The number of aromatic nitrogens is 2. The van der Waals surface area contributed by atoms with Gasteiger partial charge in [-0.1, -0.05) is 27.7 Å². The summed E-state index contributed by atoms with van der Waals surface area (Å²) in [4.78, 5) is 10.8. The lowest BCUT2D eigenvalue weighted by atomic mass is 10.0. The predicted molar refractivity (Wildman–Crippen MR) is 89.0 cm³/mol. The Kier molecular flexibility index (Phi) is 3.89. The van der Waals surface area contributed by atoms with Crippen LogP contribution in [0.4, 0.5) is 5.82 Å². The van der Waals surface area contributed by atoms with Crippen LogP contribution in [-0.2, 0) is 0 Å². The van der Waals surface area contributed by atoms with E-state index < -0.39 is 0 Å². The summed E-state index contributed by atoms with van der Waals surface area (Å²) in [6, 6.07) is 4.84. The van der Waals surface area contributed by atoms with Gasteiger partial charge in [0.15, 0.2) is 0 Å². The third-order valence-corrected chi connectivity index (χ3v) is 4.51. The van der Waals surface area contributed by atoms with Crippen LogP contribution >= 0.6 is 0 Å². The van der Waals surface area contributed by atoms with E-state index in [1.54, 1.807) is 0 Å². The van der Waals surface area contributed by atoms with Gasteiger partial charge in [-0.3, -0.25) is 0 Å². The fourth-order valence-corrected chi connectivity index (χ4v) is 3.21. The van der Waals surface area contributed by atoms with Gasteiger partial charge in [0.25, 0.3) is 0 Å². The fourth-order valence-electron chi connectivity index (χ4n) is 3.21. The Hall–Kier alpha value is -1.55. The molecule has 4 heteroatoms. The number of nitrogens with zero attached hydrogens (tertiary/aromatic N) is 2. The summed E-state index contributed by atoms with van der Waals surface area (Å²) in [6.07, 6.45) is 2.10. The van der Waals surface area contributed by atoms with E-state index in [0.29, 0.717) is 17.9 Å². The van der Waals surface area contributed by atoms with E-state index in [1.165, 1.54) is 5.56 Å². The minimum atomic E-state index is 0.491. The van der Waals surface area contributed by atoms with Crippen molar-refractivity contribution >= 4 is 16.9 Å². The second-order valence-corrected chi connectivity index (χ2v) is 6.67. The minimum absolute atomic E-state index is 0.491. The van der Waals surface area contributed by atoms with E-state index in [4.69, 9.17) is 4.98 Å². The summed E-state index contributed by atoms with van der Waals surface area (Å²) >= 11 is 0. The number of H-pyrrole nitrogens is 1. The molecule has 3 heterocycles. The van der Waals surface area contributed by atoms with Gasteiger partial charge in [-0.25, -0.2) is 4.98 Å². The molecule has 1 saturated heterocycles. The highest BCUT2D eigenvalue weighted by Gasteiger charge is 2.26. The molecule has 1 aliphatic heterocycles. The van der Waals surface area contributed by atoms with E-state index >= 15 is 0 Å². The van der Waals surface area contributed by atoms with E-state index in [9.17, 15) is 0 Å². The third kappa shape index (κ3) is 2.64. The molecular weight excluding hydrogens is 260 g/mol. The molecule has 2 aromatic rings. The highest BCUT2D eigenvalue weighted by Crippen LogP contribution is 2.27.